The molecule has 0 aromatic heterocycles. The van der Waals surface area contributed by atoms with Gasteiger partial charge in [0.2, 0.25) is 0 Å². The van der Waals surface area contributed by atoms with Crippen LogP contribution in [-0.2, 0) is 28.6 Å². The van der Waals surface area contributed by atoms with E-state index in [9.17, 15) is 0 Å². The maximum atomic E-state index is 5.34. The van der Waals surface area contributed by atoms with Crippen LogP contribution >= 0.6 is 0 Å². The van der Waals surface area contributed by atoms with Crippen LogP contribution in [0.4, 0.5) is 0 Å². The van der Waals surface area contributed by atoms with Crippen molar-refractivity contribution in [3.05, 3.63) is 43.6 Å². The summed E-state index contributed by atoms with van der Waals surface area (Å²) in [6.07, 6.45) is 10.6. The molecular formula is C12H14Cl2O2Ti. The van der Waals surface area contributed by atoms with E-state index in [2.05, 4.69) is 24.3 Å². The van der Waals surface area contributed by atoms with Gasteiger partial charge >= 0.3 is 99.3 Å². The SMILES string of the molecule is COC1=[C]([Ti+2][C]2=C(OC)C=CC2)CC=C1.[Cl-].[Cl-]. The summed E-state index contributed by atoms with van der Waals surface area (Å²) < 4.78 is 13.6. The zero-order valence-corrected chi connectivity index (χ0v) is 12.9. The molecule has 0 N–H and O–H groups in total. The molecule has 0 saturated heterocycles. The van der Waals surface area contributed by atoms with Crippen LogP contribution in [0, 0.1) is 0 Å². The standard InChI is InChI=1S/2C6H7O.2ClH.Ti/c2*1-7-6-4-2-3-5-6;;;/h2*2,4H,3H2,1H3;2*1H;/q;;;;+2/p-2. The number of allylic oxidation sites excluding steroid dienone is 6. The van der Waals surface area contributed by atoms with Crippen molar-refractivity contribution < 1.29 is 53.4 Å². The van der Waals surface area contributed by atoms with E-state index in [0.717, 1.165) is 24.4 Å². The molecule has 0 aromatic carbocycles. The molecule has 0 aliphatic heterocycles. The van der Waals surface area contributed by atoms with Crippen molar-refractivity contribution in [3.63, 3.8) is 0 Å². The smallest absolute Gasteiger partial charge is 1.00 e. The third-order valence-corrected chi connectivity index (χ3v) is 4.87. The number of rotatable bonds is 4. The third-order valence-electron chi connectivity index (χ3n) is 2.52. The summed E-state index contributed by atoms with van der Waals surface area (Å²) in [4.78, 5) is 0. The van der Waals surface area contributed by atoms with Crippen LogP contribution in [0.15, 0.2) is 43.6 Å². The van der Waals surface area contributed by atoms with Crippen molar-refractivity contribution in [1.82, 2.24) is 0 Å². The predicted molar refractivity (Wildman–Crippen MR) is 55.6 cm³/mol. The summed E-state index contributed by atoms with van der Waals surface area (Å²) in [6, 6.07) is 0. The average Bonchev–Trinajstić information content (AvgIpc) is 2.87. The van der Waals surface area contributed by atoms with Gasteiger partial charge in [-0.2, -0.15) is 0 Å². The minimum Gasteiger partial charge on any atom is -1.00 e. The van der Waals surface area contributed by atoms with E-state index in [1.54, 1.807) is 14.2 Å². The van der Waals surface area contributed by atoms with Crippen molar-refractivity contribution in [3.8, 4) is 0 Å². The molecule has 2 aliphatic carbocycles. The predicted octanol–water partition coefficient (Wildman–Crippen LogP) is -3.29. The largest absolute Gasteiger partial charge is 1.00 e. The molecular weight excluding hydrogens is 295 g/mol. The molecule has 0 radical (unpaired) electrons. The maximum Gasteiger partial charge on any atom is -1.00 e. The molecule has 2 aliphatic rings. The Morgan fingerprint density at radius 3 is 1.65 bits per heavy atom. The molecule has 0 saturated carbocycles. The van der Waals surface area contributed by atoms with Gasteiger partial charge in [0.05, 0.1) is 0 Å². The third kappa shape index (κ3) is 3.92. The summed E-state index contributed by atoms with van der Waals surface area (Å²) in [5.74, 6) is 2.15. The molecule has 0 bridgehead atoms. The van der Waals surface area contributed by atoms with E-state index >= 15 is 0 Å². The molecule has 92 valence electrons. The normalized spacial score (nSPS) is 16.6. The number of hydrogen-bond donors (Lipinski definition) is 0. The van der Waals surface area contributed by atoms with Gasteiger partial charge < -0.3 is 24.8 Å². The summed E-state index contributed by atoms with van der Waals surface area (Å²) in [6.45, 7) is 0. The summed E-state index contributed by atoms with van der Waals surface area (Å²) in [5, 5.41) is 0. The molecule has 0 unspecified atom stereocenters. The van der Waals surface area contributed by atoms with Crippen LogP contribution in [0.2, 0.25) is 0 Å². The number of hydrogen-bond acceptors (Lipinski definition) is 2. The van der Waals surface area contributed by atoms with Gasteiger partial charge in [0, 0.05) is 0 Å². The second-order valence-corrected chi connectivity index (χ2v) is 5.71. The van der Waals surface area contributed by atoms with Gasteiger partial charge in [-0.05, 0) is 0 Å². The fourth-order valence-corrected chi connectivity index (χ4v) is 3.98. The molecule has 17 heavy (non-hydrogen) atoms. The van der Waals surface area contributed by atoms with Crippen molar-refractivity contribution in [2.45, 2.75) is 12.8 Å². The van der Waals surface area contributed by atoms with Crippen LogP contribution in [0.1, 0.15) is 12.8 Å². The number of halogens is 2. The molecule has 0 atom stereocenters. The van der Waals surface area contributed by atoms with Gasteiger partial charge in [-0.25, -0.2) is 0 Å². The van der Waals surface area contributed by atoms with E-state index in [4.69, 9.17) is 9.47 Å². The Labute approximate surface area is 124 Å². The van der Waals surface area contributed by atoms with Crippen LogP contribution < -0.4 is 24.8 Å². The first-order chi connectivity index (χ1) is 7.35. The van der Waals surface area contributed by atoms with E-state index < -0.39 is 0 Å². The van der Waals surface area contributed by atoms with Gasteiger partial charge in [-0.15, -0.1) is 0 Å². The average molecular weight is 309 g/mol. The van der Waals surface area contributed by atoms with Crippen molar-refractivity contribution in [1.29, 1.82) is 0 Å². The summed E-state index contributed by atoms with van der Waals surface area (Å²) in [7, 11) is 3.49. The molecule has 5 heteroatoms. The van der Waals surface area contributed by atoms with E-state index in [0.29, 0.717) is 0 Å². The van der Waals surface area contributed by atoms with Gasteiger partial charge in [-0.3, -0.25) is 0 Å². The van der Waals surface area contributed by atoms with Crippen LogP contribution in [0.3, 0.4) is 0 Å². The second kappa shape index (κ2) is 8.04. The molecule has 2 rings (SSSR count). The molecule has 0 aromatic rings. The Hall–Kier alpha value is -0.146. The molecule has 0 amide bonds. The topological polar surface area (TPSA) is 18.5 Å². The fourth-order valence-electron chi connectivity index (χ4n) is 1.76. The van der Waals surface area contributed by atoms with E-state index in [1.165, 1.54) is 7.76 Å². The fraction of sp³-hybridized carbons (Fsp3) is 0.333. The van der Waals surface area contributed by atoms with Gasteiger partial charge in [0.25, 0.3) is 0 Å². The molecule has 2 nitrogen and oxygen atoms in total. The zero-order chi connectivity index (χ0) is 10.7. The quantitative estimate of drug-likeness (QED) is 0.507. The molecule has 0 fully saturated rings. The maximum absolute atomic E-state index is 5.34. The summed E-state index contributed by atoms with van der Waals surface area (Å²) in [5.41, 5.74) is 0. The minimum atomic E-state index is -0.235. The Kier molecular flexibility index (Phi) is 7.97. The van der Waals surface area contributed by atoms with E-state index in [-0.39, 0.29) is 44.0 Å². The Balaban J connectivity index is 0.00000128. The number of methoxy groups -OCH3 is 2. The second-order valence-electron chi connectivity index (χ2n) is 3.43. The van der Waals surface area contributed by atoms with Crippen LogP contribution in [0.5, 0.6) is 0 Å². The molecule has 0 heterocycles. The first-order valence-corrected chi connectivity index (χ1v) is 6.55. The van der Waals surface area contributed by atoms with Gasteiger partial charge in [0.1, 0.15) is 0 Å². The first-order valence-electron chi connectivity index (χ1n) is 4.99. The monoisotopic (exact) mass is 308 g/mol. The zero-order valence-electron chi connectivity index (χ0n) is 9.80. The van der Waals surface area contributed by atoms with Crippen molar-refractivity contribution in [2.24, 2.45) is 0 Å². The Morgan fingerprint density at radius 2 is 1.29 bits per heavy atom. The number of ether oxygens (including phenoxy) is 2. The van der Waals surface area contributed by atoms with Gasteiger partial charge in [0.15, 0.2) is 0 Å². The van der Waals surface area contributed by atoms with Crippen molar-refractivity contribution >= 4 is 0 Å². The van der Waals surface area contributed by atoms with Gasteiger partial charge in [-0.1, -0.05) is 0 Å². The summed E-state index contributed by atoms with van der Waals surface area (Å²) >= 11 is -0.235. The molecule has 0 spiro atoms. The first kappa shape index (κ1) is 16.9. The Morgan fingerprint density at radius 1 is 0.882 bits per heavy atom. The van der Waals surface area contributed by atoms with Crippen LogP contribution in [-0.4, -0.2) is 14.2 Å². The minimum absolute atomic E-state index is 0. The van der Waals surface area contributed by atoms with E-state index in [1.807, 2.05) is 0 Å². The van der Waals surface area contributed by atoms with Crippen molar-refractivity contribution in [2.75, 3.05) is 14.2 Å². The Bertz CT molecular complexity index is 348. The van der Waals surface area contributed by atoms with Crippen LogP contribution in [0.25, 0.3) is 0 Å².